The van der Waals surface area contributed by atoms with Gasteiger partial charge in [-0.25, -0.2) is 0 Å². The van der Waals surface area contributed by atoms with Gasteiger partial charge in [0.25, 0.3) is 5.69 Å². The molecule has 0 heterocycles. The summed E-state index contributed by atoms with van der Waals surface area (Å²) >= 11 is 0. The molecule has 0 fully saturated rings. The van der Waals surface area contributed by atoms with Crippen LogP contribution >= 0.6 is 0 Å². The lowest BCUT2D eigenvalue weighted by atomic mass is 10.1. The highest BCUT2D eigenvalue weighted by molar-refractivity contribution is 5.44. The van der Waals surface area contributed by atoms with Crippen molar-refractivity contribution < 1.29 is 4.92 Å². The summed E-state index contributed by atoms with van der Waals surface area (Å²) in [4.78, 5) is 10.6. The van der Waals surface area contributed by atoms with Crippen molar-refractivity contribution in [1.29, 1.82) is 0 Å². The number of hydrogen-bond acceptors (Lipinski definition) is 3. The molecule has 0 aliphatic rings. The maximum absolute atomic E-state index is 10.9. The number of hydrogen-bond donors (Lipinski definition) is 1. The second-order valence-electron chi connectivity index (χ2n) is 4.83. The minimum atomic E-state index is -0.334. The Morgan fingerprint density at radius 1 is 1.15 bits per heavy atom. The Morgan fingerprint density at radius 2 is 1.85 bits per heavy atom. The van der Waals surface area contributed by atoms with Crippen LogP contribution in [0.15, 0.2) is 48.5 Å². The molecule has 0 saturated carbocycles. The maximum atomic E-state index is 10.9. The molecule has 4 heteroatoms. The smallest absolute Gasteiger partial charge is 0.272 e. The molecule has 0 unspecified atom stereocenters. The molecule has 20 heavy (non-hydrogen) atoms. The van der Waals surface area contributed by atoms with Crippen LogP contribution in [0.5, 0.6) is 0 Å². The predicted molar refractivity (Wildman–Crippen MR) is 79.5 cm³/mol. The van der Waals surface area contributed by atoms with Crippen LogP contribution in [-0.4, -0.2) is 4.92 Å². The molecule has 0 aromatic heterocycles. The first-order valence-corrected chi connectivity index (χ1v) is 6.61. The van der Waals surface area contributed by atoms with E-state index in [1.165, 1.54) is 5.56 Å². The van der Waals surface area contributed by atoms with E-state index in [4.69, 9.17) is 0 Å². The Bertz CT molecular complexity index is 597. The summed E-state index contributed by atoms with van der Waals surface area (Å²) in [5.74, 6) is 0. The van der Waals surface area contributed by atoms with Gasteiger partial charge in [0, 0.05) is 24.2 Å². The summed E-state index contributed by atoms with van der Waals surface area (Å²) in [7, 11) is 0. The molecule has 104 valence electrons. The molecule has 0 amide bonds. The number of rotatable bonds is 5. The summed E-state index contributed by atoms with van der Waals surface area (Å²) in [5, 5.41) is 14.3. The Morgan fingerprint density at radius 3 is 2.50 bits per heavy atom. The fourth-order valence-electron chi connectivity index (χ4n) is 2.18. The third-order valence-corrected chi connectivity index (χ3v) is 3.51. The van der Waals surface area contributed by atoms with Crippen LogP contribution in [0.4, 0.5) is 5.69 Å². The number of benzene rings is 2. The van der Waals surface area contributed by atoms with Crippen LogP contribution in [0, 0.1) is 17.0 Å². The number of nitro benzene ring substituents is 1. The van der Waals surface area contributed by atoms with Crippen molar-refractivity contribution in [2.24, 2.45) is 0 Å². The van der Waals surface area contributed by atoms with Gasteiger partial charge in [-0.1, -0.05) is 42.5 Å². The van der Waals surface area contributed by atoms with Crippen LogP contribution in [0.2, 0.25) is 0 Å². The van der Waals surface area contributed by atoms with Crippen molar-refractivity contribution in [2.45, 2.75) is 26.4 Å². The summed E-state index contributed by atoms with van der Waals surface area (Å²) < 4.78 is 0. The lowest BCUT2D eigenvalue weighted by Crippen LogP contribution is -2.18. The van der Waals surface area contributed by atoms with Gasteiger partial charge in [0.1, 0.15) is 0 Å². The SMILES string of the molecule is Cc1c(CN[C@@H](C)c2ccccc2)cccc1[N+](=O)[O-]. The van der Waals surface area contributed by atoms with Crippen molar-refractivity contribution in [1.82, 2.24) is 5.32 Å². The lowest BCUT2D eigenvalue weighted by Gasteiger charge is -2.15. The van der Waals surface area contributed by atoms with Gasteiger partial charge in [-0.15, -0.1) is 0 Å². The van der Waals surface area contributed by atoms with E-state index in [0.717, 1.165) is 11.1 Å². The van der Waals surface area contributed by atoms with Crippen LogP contribution in [-0.2, 0) is 6.54 Å². The molecule has 4 nitrogen and oxygen atoms in total. The molecule has 0 spiro atoms. The van der Waals surface area contributed by atoms with Crippen LogP contribution in [0.3, 0.4) is 0 Å². The maximum Gasteiger partial charge on any atom is 0.272 e. The average molecular weight is 270 g/mol. The average Bonchev–Trinajstić information content (AvgIpc) is 2.46. The van der Waals surface area contributed by atoms with E-state index in [1.54, 1.807) is 19.1 Å². The molecule has 0 bridgehead atoms. The van der Waals surface area contributed by atoms with Crippen LogP contribution in [0.1, 0.15) is 29.7 Å². The van der Waals surface area contributed by atoms with Gasteiger partial charge in [-0.3, -0.25) is 10.1 Å². The quantitative estimate of drug-likeness (QED) is 0.665. The summed E-state index contributed by atoms with van der Waals surface area (Å²) in [6.45, 7) is 4.49. The van der Waals surface area contributed by atoms with E-state index in [9.17, 15) is 10.1 Å². The molecule has 1 atom stereocenters. The molecule has 2 aromatic carbocycles. The Balaban J connectivity index is 2.08. The molecule has 0 aliphatic heterocycles. The highest BCUT2D eigenvalue weighted by Crippen LogP contribution is 2.21. The normalized spacial score (nSPS) is 12.1. The van der Waals surface area contributed by atoms with E-state index in [-0.39, 0.29) is 16.7 Å². The molecule has 0 saturated heterocycles. The van der Waals surface area contributed by atoms with Crippen molar-refractivity contribution in [3.63, 3.8) is 0 Å². The van der Waals surface area contributed by atoms with Crippen molar-refractivity contribution in [3.8, 4) is 0 Å². The topological polar surface area (TPSA) is 55.2 Å². The standard InChI is InChI=1S/C16H18N2O2/c1-12-15(9-6-10-16(12)18(19)20)11-17-13(2)14-7-4-3-5-8-14/h3-10,13,17H,11H2,1-2H3/t13-/m0/s1. The van der Waals surface area contributed by atoms with E-state index < -0.39 is 0 Å². The largest absolute Gasteiger partial charge is 0.306 e. The third-order valence-electron chi connectivity index (χ3n) is 3.51. The highest BCUT2D eigenvalue weighted by Gasteiger charge is 2.13. The van der Waals surface area contributed by atoms with Gasteiger partial charge in [0.15, 0.2) is 0 Å². The highest BCUT2D eigenvalue weighted by atomic mass is 16.6. The lowest BCUT2D eigenvalue weighted by molar-refractivity contribution is -0.385. The van der Waals surface area contributed by atoms with E-state index >= 15 is 0 Å². The van der Waals surface area contributed by atoms with Crippen molar-refractivity contribution in [2.75, 3.05) is 0 Å². The van der Waals surface area contributed by atoms with Gasteiger partial charge < -0.3 is 5.32 Å². The van der Waals surface area contributed by atoms with Crippen molar-refractivity contribution in [3.05, 3.63) is 75.3 Å². The molecular weight excluding hydrogens is 252 g/mol. The molecule has 0 radical (unpaired) electrons. The first-order valence-electron chi connectivity index (χ1n) is 6.61. The fourth-order valence-corrected chi connectivity index (χ4v) is 2.18. The summed E-state index contributed by atoms with van der Waals surface area (Å²) in [6, 6.07) is 15.5. The number of nitrogens with one attached hydrogen (secondary N) is 1. The second kappa shape index (κ2) is 6.30. The van der Waals surface area contributed by atoms with E-state index in [2.05, 4.69) is 24.4 Å². The first kappa shape index (κ1) is 14.2. The van der Waals surface area contributed by atoms with Crippen LogP contribution in [0.25, 0.3) is 0 Å². The second-order valence-corrected chi connectivity index (χ2v) is 4.83. The zero-order valence-electron chi connectivity index (χ0n) is 11.7. The van der Waals surface area contributed by atoms with Gasteiger partial charge >= 0.3 is 0 Å². The van der Waals surface area contributed by atoms with Gasteiger partial charge in [-0.2, -0.15) is 0 Å². The third kappa shape index (κ3) is 3.22. The molecule has 2 aromatic rings. The monoisotopic (exact) mass is 270 g/mol. The van der Waals surface area contributed by atoms with E-state index in [1.807, 2.05) is 24.3 Å². The number of nitro groups is 1. The zero-order valence-corrected chi connectivity index (χ0v) is 11.7. The summed E-state index contributed by atoms with van der Waals surface area (Å²) in [5.41, 5.74) is 3.07. The Hall–Kier alpha value is -2.20. The van der Waals surface area contributed by atoms with Gasteiger partial charge in [0.2, 0.25) is 0 Å². The number of nitrogens with zero attached hydrogens (tertiary/aromatic N) is 1. The van der Waals surface area contributed by atoms with Gasteiger partial charge in [-0.05, 0) is 25.0 Å². The van der Waals surface area contributed by atoms with Crippen LogP contribution < -0.4 is 5.32 Å². The summed E-state index contributed by atoms with van der Waals surface area (Å²) in [6.07, 6.45) is 0. The fraction of sp³-hybridized carbons (Fsp3) is 0.250. The molecular formula is C16H18N2O2. The van der Waals surface area contributed by atoms with Gasteiger partial charge in [0.05, 0.1) is 4.92 Å². The zero-order chi connectivity index (χ0) is 14.5. The Labute approximate surface area is 118 Å². The van der Waals surface area contributed by atoms with Crippen molar-refractivity contribution >= 4 is 5.69 Å². The molecule has 0 aliphatic carbocycles. The minimum Gasteiger partial charge on any atom is -0.306 e. The first-order chi connectivity index (χ1) is 9.59. The minimum absolute atomic E-state index is 0.177. The molecule has 1 N–H and O–H groups in total. The Kier molecular flexibility index (Phi) is 4.48. The molecule has 2 rings (SSSR count). The predicted octanol–water partition coefficient (Wildman–Crippen LogP) is 3.75. The van der Waals surface area contributed by atoms with E-state index in [0.29, 0.717) is 6.54 Å².